The zero-order valence-corrected chi connectivity index (χ0v) is 13.0. The number of ether oxygens (including phenoxy) is 1. The lowest BCUT2D eigenvalue weighted by atomic mass is 9.89. The first-order chi connectivity index (χ1) is 9.52. The molecule has 1 aromatic carbocycles. The van der Waals surface area contributed by atoms with E-state index in [1.807, 2.05) is 26.0 Å². The molecule has 0 saturated carbocycles. The number of rotatable bonds is 5. The van der Waals surface area contributed by atoms with Crippen LogP contribution in [0.4, 0.5) is 4.39 Å². The van der Waals surface area contributed by atoms with Gasteiger partial charge < -0.3 is 10.1 Å². The van der Waals surface area contributed by atoms with Crippen molar-refractivity contribution in [2.24, 2.45) is 5.92 Å². The third-order valence-electron chi connectivity index (χ3n) is 4.13. The number of aryl methyl sites for hydroxylation is 2. The topological polar surface area (TPSA) is 21.3 Å². The zero-order valence-electron chi connectivity index (χ0n) is 13.0. The lowest BCUT2D eigenvalue weighted by molar-refractivity contribution is 0.117. The molecular weight excluding hydrogens is 253 g/mol. The number of hydrogen-bond donors (Lipinski definition) is 1. The molecule has 0 spiro atoms. The van der Waals surface area contributed by atoms with Crippen LogP contribution in [0.15, 0.2) is 12.1 Å². The van der Waals surface area contributed by atoms with E-state index in [4.69, 9.17) is 4.74 Å². The molecule has 0 aliphatic carbocycles. The van der Waals surface area contributed by atoms with E-state index in [9.17, 15) is 4.39 Å². The molecule has 1 fully saturated rings. The van der Waals surface area contributed by atoms with Gasteiger partial charge >= 0.3 is 0 Å². The summed E-state index contributed by atoms with van der Waals surface area (Å²) in [6, 6.07) is 4.23. The summed E-state index contributed by atoms with van der Waals surface area (Å²) in [5.41, 5.74) is 2.66. The van der Waals surface area contributed by atoms with Crippen LogP contribution in [0.1, 0.15) is 49.4 Å². The van der Waals surface area contributed by atoms with Crippen molar-refractivity contribution in [1.82, 2.24) is 5.32 Å². The van der Waals surface area contributed by atoms with Crippen molar-refractivity contribution in [3.63, 3.8) is 0 Å². The van der Waals surface area contributed by atoms with Crippen LogP contribution in [0.5, 0.6) is 0 Å². The molecule has 1 saturated heterocycles. The Bertz CT molecular complexity index is 437. The fraction of sp³-hybridized carbons (Fsp3) is 0.647. The summed E-state index contributed by atoms with van der Waals surface area (Å²) in [6.07, 6.45) is 2.49. The Hall–Kier alpha value is -0.930. The van der Waals surface area contributed by atoms with Crippen molar-refractivity contribution in [3.8, 4) is 0 Å². The first kappa shape index (κ1) is 15.5. The normalized spacial score (nSPS) is 24.1. The maximum Gasteiger partial charge on any atom is 0.129 e. The van der Waals surface area contributed by atoms with Gasteiger partial charge in [0.05, 0.1) is 12.7 Å². The molecule has 112 valence electrons. The van der Waals surface area contributed by atoms with Crippen LogP contribution in [0.25, 0.3) is 0 Å². The van der Waals surface area contributed by atoms with Crippen molar-refractivity contribution in [2.45, 2.75) is 52.7 Å². The summed E-state index contributed by atoms with van der Waals surface area (Å²) in [5.74, 6) is 0.389. The maximum absolute atomic E-state index is 13.8. The Morgan fingerprint density at radius 2 is 2.00 bits per heavy atom. The number of halogens is 1. The van der Waals surface area contributed by atoms with Gasteiger partial charge in [-0.05, 0) is 56.8 Å². The second-order valence-electron chi connectivity index (χ2n) is 6.04. The van der Waals surface area contributed by atoms with Crippen LogP contribution in [0.2, 0.25) is 0 Å². The van der Waals surface area contributed by atoms with Gasteiger partial charge in [0, 0.05) is 12.0 Å². The quantitative estimate of drug-likeness (QED) is 0.882. The molecular formula is C17H26FNO. The van der Waals surface area contributed by atoms with E-state index >= 15 is 0 Å². The Morgan fingerprint density at radius 1 is 1.35 bits per heavy atom. The smallest absolute Gasteiger partial charge is 0.129 e. The highest BCUT2D eigenvalue weighted by Crippen LogP contribution is 2.33. The highest BCUT2D eigenvalue weighted by atomic mass is 19.1. The predicted molar refractivity (Wildman–Crippen MR) is 80.4 cm³/mol. The van der Waals surface area contributed by atoms with Gasteiger partial charge in [-0.3, -0.25) is 0 Å². The van der Waals surface area contributed by atoms with E-state index in [1.54, 1.807) is 0 Å². The fourth-order valence-corrected chi connectivity index (χ4v) is 3.10. The minimum Gasteiger partial charge on any atom is -0.378 e. The Morgan fingerprint density at radius 3 is 2.50 bits per heavy atom. The van der Waals surface area contributed by atoms with Crippen LogP contribution in [-0.2, 0) is 4.74 Å². The van der Waals surface area contributed by atoms with Crippen molar-refractivity contribution in [2.75, 3.05) is 13.2 Å². The molecule has 1 aromatic rings. The van der Waals surface area contributed by atoms with Gasteiger partial charge in [0.1, 0.15) is 5.82 Å². The molecule has 3 atom stereocenters. The highest BCUT2D eigenvalue weighted by Gasteiger charge is 2.30. The summed E-state index contributed by atoms with van der Waals surface area (Å²) in [4.78, 5) is 0. The first-order valence-corrected chi connectivity index (χ1v) is 7.64. The van der Waals surface area contributed by atoms with Crippen LogP contribution in [-0.4, -0.2) is 19.3 Å². The largest absolute Gasteiger partial charge is 0.378 e. The Kier molecular flexibility index (Phi) is 5.17. The lowest BCUT2D eigenvalue weighted by Gasteiger charge is -2.25. The standard InChI is InChI=1S/C17H26FNO/c1-5-6-19-17(15-9-13(4)20-10-15)14-7-11(2)16(18)12(3)8-14/h7-8,13,15,17,19H,5-6,9-10H2,1-4H3. The van der Waals surface area contributed by atoms with E-state index < -0.39 is 0 Å². The van der Waals surface area contributed by atoms with Crippen LogP contribution in [0.3, 0.4) is 0 Å². The summed E-state index contributed by atoms with van der Waals surface area (Å²) < 4.78 is 19.5. The van der Waals surface area contributed by atoms with Gasteiger partial charge in [-0.1, -0.05) is 19.1 Å². The minimum atomic E-state index is -0.0842. The monoisotopic (exact) mass is 279 g/mol. The minimum absolute atomic E-state index is 0.0842. The Labute approximate surface area is 121 Å². The highest BCUT2D eigenvalue weighted by molar-refractivity contribution is 5.33. The molecule has 0 aromatic heterocycles. The summed E-state index contributed by atoms with van der Waals surface area (Å²) in [7, 11) is 0. The predicted octanol–water partition coefficient (Wildman–Crippen LogP) is 3.91. The van der Waals surface area contributed by atoms with E-state index in [1.165, 1.54) is 5.56 Å². The molecule has 1 heterocycles. The second kappa shape index (κ2) is 6.68. The van der Waals surface area contributed by atoms with Crippen molar-refractivity contribution >= 4 is 0 Å². The van der Waals surface area contributed by atoms with Gasteiger partial charge in [-0.2, -0.15) is 0 Å². The molecule has 1 N–H and O–H groups in total. The van der Waals surface area contributed by atoms with Gasteiger partial charge in [0.2, 0.25) is 0 Å². The van der Waals surface area contributed by atoms with Gasteiger partial charge in [0.15, 0.2) is 0 Å². The zero-order chi connectivity index (χ0) is 14.7. The molecule has 2 nitrogen and oxygen atoms in total. The summed E-state index contributed by atoms with van der Waals surface area (Å²) in [5, 5.41) is 3.62. The molecule has 0 amide bonds. The maximum atomic E-state index is 13.8. The lowest BCUT2D eigenvalue weighted by Crippen LogP contribution is -2.29. The molecule has 0 radical (unpaired) electrons. The summed E-state index contributed by atoms with van der Waals surface area (Å²) in [6.45, 7) is 9.74. The average molecular weight is 279 g/mol. The third-order valence-corrected chi connectivity index (χ3v) is 4.13. The van der Waals surface area contributed by atoms with Crippen molar-refractivity contribution < 1.29 is 9.13 Å². The van der Waals surface area contributed by atoms with Gasteiger partial charge in [-0.15, -0.1) is 0 Å². The molecule has 2 rings (SSSR count). The van der Waals surface area contributed by atoms with Crippen molar-refractivity contribution in [1.29, 1.82) is 0 Å². The van der Waals surface area contributed by atoms with E-state index in [-0.39, 0.29) is 11.9 Å². The number of benzene rings is 1. The fourth-order valence-electron chi connectivity index (χ4n) is 3.10. The molecule has 1 aliphatic heterocycles. The van der Waals surface area contributed by atoms with Crippen LogP contribution in [0, 0.1) is 25.6 Å². The van der Waals surface area contributed by atoms with Crippen molar-refractivity contribution in [3.05, 3.63) is 34.6 Å². The first-order valence-electron chi connectivity index (χ1n) is 7.64. The molecule has 1 aliphatic rings. The second-order valence-corrected chi connectivity index (χ2v) is 6.04. The van der Waals surface area contributed by atoms with Gasteiger partial charge in [0.25, 0.3) is 0 Å². The number of hydrogen-bond acceptors (Lipinski definition) is 2. The van der Waals surface area contributed by atoms with Gasteiger partial charge in [-0.25, -0.2) is 4.39 Å². The SMILES string of the molecule is CCCNC(c1cc(C)c(F)c(C)c1)C1COC(C)C1. The van der Waals surface area contributed by atoms with Crippen LogP contribution >= 0.6 is 0 Å². The van der Waals surface area contributed by atoms with E-state index in [0.717, 1.165) is 37.1 Å². The molecule has 3 heteroatoms. The molecule has 0 bridgehead atoms. The summed E-state index contributed by atoms with van der Waals surface area (Å²) >= 11 is 0. The van der Waals surface area contributed by atoms with Crippen LogP contribution < -0.4 is 5.32 Å². The van der Waals surface area contributed by atoms with E-state index in [0.29, 0.717) is 12.0 Å². The Balaban J connectivity index is 2.26. The molecule has 20 heavy (non-hydrogen) atoms. The third kappa shape index (κ3) is 3.39. The molecule has 3 unspecified atom stereocenters. The average Bonchev–Trinajstić information content (AvgIpc) is 2.83. The number of nitrogens with one attached hydrogen (secondary N) is 1. The van der Waals surface area contributed by atoms with E-state index in [2.05, 4.69) is 19.2 Å².